The van der Waals surface area contributed by atoms with E-state index in [0.717, 1.165) is 145 Å². The Bertz CT molecular complexity index is 4440. The molecule has 0 aliphatic carbocycles. The summed E-state index contributed by atoms with van der Waals surface area (Å²) >= 11 is 6.38. The van der Waals surface area contributed by atoms with Crippen molar-refractivity contribution < 1.29 is 0 Å². The van der Waals surface area contributed by atoms with E-state index in [-0.39, 0.29) is 16.7 Å². The van der Waals surface area contributed by atoms with Crippen LogP contribution in [0.25, 0.3) is 72.9 Å². The fourth-order valence-corrected chi connectivity index (χ4v) is 11.6. The monoisotopic (exact) mass is 1130 g/mol. The molecule has 23 heteroatoms. The van der Waals surface area contributed by atoms with Gasteiger partial charge in [-0.05, 0) is 102 Å². The zero-order chi connectivity index (χ0) is 56.9. The number of rotatable bonds is 6. The Hall–Kier alpha value is -9.09. The topological polar surface area (TPSA) is 234 Å². The Morgan fingerprint density at radius 2 is 1.00 bits per heavy atom. The fourth-order valence-electron chi connectivity index (χ4n) is 11.4. The summed E-state index contributed by atoms with van der Waals surface area (Å²) < 4.78 is 10.4. The van der Waals surface area contributed by atoms with Crippen molar-refractivity contribution >= 4 is 56.6 Å². The molecule has 3 aliphatic rings. The molecule has 3 saturated heterocycles. The molecule has 83 heavy (non-hydrogen) atoms. The van der Waals surface area contributed by atoms with E-state index < -0.39 is 0 Å². The number of halogens is 1. The predicted molar refractivity (Wildman–Crippen MR) is 320 cm³/mol. The summed E-state index contributed by atoms with van der Waals surface area (Å²) in [5.74, 6) is 1.58. The van der Waals surface area contributed by atoms with E-state index in [1.54, 1.807) is 66.9 Å². The second kappa shape index (κ2) is 22.3. The second-order valence-corrected chi connectivity index (χ2v) is 22.0. The zero-order valence-corrected chi connectivity index (χ0v) is 47.1. The molecule has 3 aliphatic heterocycles. The van der Waals surface area contributed by atoms with Gasteiger partial charge in [-0.15, -0.1) is 0 Å². The van der Waals surface area contributed by atoms with E-state index in [0.29, 0.717) is 56.5 Å². The Balaban J connectivity index is 0.000000117. The number of hydrogen-bond acceptors (Lipinski definition) is 16. The summed E-state index contributed by atoms with van der Waals surface area (Å²) in [5.41, 5.74) is 13.0. The Morgan fingerprint density at radius 3 is 1.58 bits per heavy atom. The van der Waals surface area contributed by atoms with Gasteiger partial charge in [0.05, 0.1) is 75.2 Å². The summed E-state index contributed by atoms with van der Waals surface area (Å²) in [5, 5.41) is 15.9. The molecule has 3 N–H and O–H groups in total. The number of benzene rings is 1. The number of imidazole rings is 2. The van der Waals surface area contributed by atoms with Crippen LogP contribution in [-0.2, 0) is 7.05 Å². The summed E-state index contributed by atoms with van der Waals surface area (Å²) in [4.78, 5) is 77.2. The second-order valence-electron chi connectivity index (χ2n) is 21.6. The first-order valence-corrected chi connectivity index (χ1v) is 28.3. The maximum Gasteiger partial charge on any atom is 0.258 e. The van der Waals surface area contributed by atoms with Gasteiger partial charge in [-0.3, -0.25) is 42.2 Å². The van der Waals surface area contributed by atoms with Gasteiger partial charge in [0.25, 0.3) is 16.7 Å². The van der Waals surface area contributed by atoms with Crippen LogP contribution in [0.2, 0.25) is 5.02 Å². The molecule has 420 valence electrons. The van der Waals surface area contributed by atoms with Crippen molar-refractivity contribution in [2.75, 3.05) is 57.3 Å². The van der Waals surface area contributed by atoms with Gasteiger partial charge in [0.2, 0.25) is 0 Å². The van der Waals surface area contributed by atoms with E-state index in [2.05, 4.69) is 60.8 Å². The highest BCUT2D eigenvalue weighted by Crippen LogP contribution is 2.29. The number of aryl methyl sites for hydroxylation is 4. The first kappa shape index (κ1) is 53.2. The molecule has 3 fully saturated rings. The molecular formula is C60H60ClN19O3. The summed E-state index contributed by atoms with van der Waals surface area (Å²) in [6, 6.07) is 14.4. The van der Waals surface area contributed by atoms with Crippen LogP contribution >= 0.6 is 11.6 Å². The number of fused-ring (bicyclic) bond motifs is 6. The fraction of sp³-hybridized carbons (Fsp3) is 0.300. The van der Waals surface area contributed by atoms with Crippen molar-refractivity contribution in [3.8, 4) is 33.8 Å². The molecule has 1 aromatic carbocycles. The standard InChI is InChI=1S/C21H22N6O.C20H19ClN6O.C19H19N7O/c1-13-7-16(11-26-10-14(2)24-21(13)26)17-8-20(28)27-12-18(23-9-19(27)25-17)15-3-5-22-6-4-15;1-12-9-26-10-14(6-15(21)20(26)24-12)16-7-19(28)27-11-17(23-8-18(27)25-16)13-2-4-22-5-3-13;1-24-11-14-8-13(2-3-15(14)23-24)16-9-19(27)26-12-18(21-10-17(26)22-16)25-6-4-20-5-7-25/h7-12,15,22H,3-6H2,1-2H3;6-11,13,22H,2-5H2,1H3;2-3,8-12,20H,4-7H2,1H3. The summed E-state index contributed by atoms with van der Waals surface area (Å²) in [7, 11) is 1.89. The first-order chi connectivity index (χ1) is 40.3. The highest BCUT2D eigenvalue weighted by molar-refractivity contribution is 6.33. The number of piperazine rings is 1. The van der Waals surface area contributed by atoms with Gasteiger partial charge < -0.3 is 29.7 Å². The minimum absolute atomic E-state index is 0.0860. The average Bonchev–Trinajstić information content (AvgIpc) is 4.33. The third kappa shape index (κ3) is 11.0. The number of anilines is 1. The van der Waals surface area contributed by atoms with E-state index in [9.17, 15) is 14.4 Å². The molecule has 14 heterocycles. The van der Waals surface area contributed by atoms with Crippen molar-refractivity contribution in [2.45, 2.75) is 58.3 Å². The molecule has 0 saturated carbocycles. The number of nitrogens with zero attached hydrogens (tertiary/aromatic N) is 16. The number of nitrogens with one attached hydrogen (secondary N) is 3. The molecule has 0 bridgehead atoms. The number of pyridine rings is 2. The van der Waals surface area contributed by atoms with Crippen LogP contribution in [0.5, 0.6) is 0 Å². The molecule has 11 aromatic heterocycles. The van der Waals surface area contributed by atoms with Crippen LogP contribution in [0.15, 0.2) is 131 Å². The number of piperidine rings is 2. The number of hydrogen-bond donors (Lipinski definition) is 3. The first-order valence-electron chi connectivity index (χ1n) is 27.9. The van der Waals surface area contributed by atoms with Gasteiger partial charge in [-0.1, -0.05) is 17.7 Å². The molecular weight excluding hydrogens is 1070 g/mol. The smallest absolute Gasteiger partial charge is 0.258 e. The van der Waals surface area contributed by atoms with E-state index in [1.807, 2.05) is 104 Å². The number of aromatic nitrogens is 15. The molecule has 0 atom stereocenters. The molecule has 12 aromatic rings. The maximum absolute atomic E-state index is 12.8. The van der Waals surface area contributed by atoms with Crippen LogP contribution in [0.3, 0.4) is 0 Å². The Morgan fingerprint density at radius 1 is 0.506 bits per heavy atom. The zero-order valence-electron chi connectivity index (χ0n) is 46.4. The lowest BCUT2D eigenvalue weighted by Crippen LogP contribution is -2.44. The van der Waals surface area contributed by atoms with Crippen LogP contribution in [0.1, 0.15) is 65.9 Å². The van der Waals surface area contributed by atoms with Crippen LogP contribution in [-0.4, -0.2) is 124 Å². The highest BCUT2D eigenvalue weighted by Gasteiger charge is 2.21. The molecule has 0 spiro atoms. The van der Waals surface area contributed by atoms with Gasteiger partial charge in [0.1, 0.15) is 11.5 Å². The lowest BCUT2D eigenvalue weighted by Gasteiger charge is -2.28. The van der Waals surface area contributed by atoms with Crippen molar-refractivity contribution in [2.24, 2.45) is 7.05 Å². The minimum atomic E-state index is -0.129. The van der Waals surface area contributed by atoms with Gasteiger partial charge in [0, 0.05) is 129 Å². The average molecular weight is 1130 g/mol. The lowest BCUT2D eigenvalue weighted by molar-refractivity contribution is 0.452. The molecule has 15 rings (SSSR count). The van der Waals surface area contributed by atoms with Gasteiger partial charge in [-0.25, -0.2) is 29.9 Å². The van der Waals surface area contributed by atoms with Gasteiger partial charge in [0.15, 0.2) is 22.6 Å². The third-order valence-corrected chi connectivity index (χ3v) is 15.9. The van der Waals surface area contributed by atoms with Gasteiger partial charge in [-0.2, -0.15) is 5.10 Å². The van der Waals surface area contributed by atoms with Crippen LogP contribution < -0.4 is 37.5 Å². The minimum Gasteiger partial charge on any atom is -0.353 e. The van der Waals surface area contributed by atoms with Crippen molar-refractivity contribution in [3.05, 3.63) is 181 Å². The molecule has 22 nitrogen and oxygen atoms in total. The van der Waals surface area contributed by atoms with Crippen molar-refractivity contribution in [1.82, 2.24) is 87.6 Å². The molecule has 0 amide bonds. The largest absolute Gasteiger partial charge is 0.353 e. The molecule has 0 radical (unpaired) electrons. The van der Waals surface area contributed by atoms with Crippen LogP contribution in [0.4, 0.5) is 5.82 Å². The SMILES string of the molecule is Cc1cn2cc(-c3cc(=O)n4cc(C5CCNCC5)ncc4n3)cc(C)c2n1.Cc1cn2cc(-c3cc(=O)n4cc(C5CCNCC5)ncc4n3)cc(Cl)c2n1.Cn1cc2cc(-c3cc(=O)n4cc(N5CCNCC5)ncc4n3)ccc2n1. The van der Waals surface area contributed by atoms with Gasteiger partial charge >= 0.3 is 0 Å². The Labute approximate surface area is 479 Å². The predicted octanol–water partition coefficient (Wildman–Crippen LogP) is 6.37. The van der Waals surface area contributed by atoms with Crippen molar-refractivity contribution in [3.63, 3.8) is 0 Å². The summed E-state index contributed by atoms with van der Waals surface area (Å²) in [6.07, 6.45) is 24.4. The quantitative estimate of drug-likeness (QED) is 0.164. The van der Waals surface area contributed by atoms with Crippen molar-refractivity contribution in [1.29, 1.82) is 0 Å². The lowest BCUT2D eigenvalue weighted by atomic mass is 9.95. The molecule has 0 unspecified atom stereocenters. The van der Waals surface area contributed by atoms with Crippen LogP contribution in [0, 0.1) is 20.8 Å². The third-order valence-electron chi connectivity index (χ3n) is 15.6. The Kier molecular flexibility index (Phi) is 14.3. The van der Waals surface area contributed by atoms with E-state index in [1.165, 1.54) is 0 Å². The van der Waals surface area contributed by atoms with E-state index >= 15 is 0 Å². The van der Waals surface area contributed by atoms with E-state index in [4.69, 9.17) is 16.6 Å². The normalized spacial score (nSPS) is 15.3. The summed E-state index contributed by atoms with van der Waals surface area (Å²) in [6.45, 7) is 13.4. The maximum atomic E-state index is 12.8. The highest BCUT2D eigenvalue weighted by atomic mass is 35.5.